The molecule has 0 saturated heterocycles. The number of hydrogen-bond acceptors (Lipinski definition) is 5. The van der Waals surface area contributed by atoms with Crippen molar-refractivity contribution in [3.05, 3.63) is 48.3 Å². The van der Waals surface area contributed by atoms with Gasteiger partial charge < -0.3 is 10.1 Å². The molecule has 21 heavy (non-hydrogen) atoms. The van der Waals surface area contributed by atoms with Gasteiger partial charge in [-0.1, -0.05) is 6.07 Å². The number of carbonyl (C=O) groups is 1. The molecule has 0 aliphatic heterocycles. The van der Waals surface area contributed by atoms with Gasteiger partial charge in [0.2, 0.25) is 0 Å². The van der Waals surface area contributed by atoms with Crippen LogP contribution >= 0.6 is 10.7 Å². The molecule has 1 heterocycles. The van der Waals surface area contributed by atoms with Gasteiger partial charge in [0.25, 0.3) is 15.0 Å². The van der Waals surface area contributed by atoms with Crippen molar-refractivity contribution >= 4 is 31.3 Å². The summed E-state index contributed by atoms with van der Waals surface area (Å²) >= 11 is 0. The minimum absolute atomic E-state index is 0.0452. The Morgan fingerprint density at radius 3 is 2.62 bits per heavy atom. The molecule has 2 aromatic rings. The molecule has 0 unspecified atom stereocenters. The molecule has 1 N–H and O–H groups in total. The highest BCUT2D eigenvalue weighted by Gasteiger charge is 2.17. The Labute approximate surface area is 126 Å². The van der Waals surface area contributed by atoms with E-state index < -0.39 is 15.0 Å². The second kappa shape index (κ2) is 6.11. The van der Waals surface area contributed by atoms with E-state index >= 15 is 0 Å². The average molecular weight is 327 g/mol. The smallest absolute Gasteiger partial charge is 0.274 e. The molecule has 2 rings (SSSR count). The van der Waals surface area contributed by atoms with Gasteiger partial charge in [-0.3, -0.25) is 9.78 Å². The number of ether oxygens (including phenoxy) is 1. The van der Waals surface area contributed by atoms with Gasteiger partial charge >= 0.3 is 0 Å². The van der Waals surface area contributed by atoms with Gasteiger partial charge in [0.1, 0.15) is 16.3 Å². The summed E-state index contributed by atoms with van der Waals surface area (Å²) in [6.07, 6.45) is 1.50. The van der Waals surface area contributed by atoms with Crippen LogP contribution in [-0.4, -0.2) is 26.4 Å². The third kappa shape index (κ3) is 3.71. The standard InChI is InChI=1S/C13H11ClN2O4S/c1-20-11-8-9(5-6-12(11)21(14,18)19)16-13(17)10-4-2-3-7-15-10/h2-8H,1H3,(H,16,17). The predicted octanol–water partition coefficient (Wildman–Crippen LogP) is 2.27. The molecule has 1 aromatic heterocycles. The topological polar surface area (TPSA) is 85.4 Å². The first-order valence-electron chi connectivity index (χ1n) is 5.77. The van der Waals surface area contributed by atoms with Crippen molar-refractivity contribution in [3.8, 4) is 5.75 Å². The van der Waals surface area contributed by atoms with Crippen molar-refractivity contribution in [3.63, 3.8) is 0 Å². The monoisotopic (exact) mass is 326 g/mol. The third-order valence-electron chi connectivity index (χ3n) is 2.58. The molecule has 8 heteroatoms. The first-order chi connectivity index (χ1) is 9.91. The number of hydrogen-bond donors (Lipinski definition) is 1. The van der Waals surface area contributed by atoms with Crippen LogP contribution in [0.4, 0.5) is 5.69 Å². The summed E-state index contributed by atoms with van der Waals surface area (Å²) in [4.78, 5) is 15.7. The number of aromatic nitrogens is 1. The fourth-order valence-electron chi connectivity index (χ4n) is 1.64. The number of rotatable bonds is 4. The third-order valence-corrected chi connectivity index (χ3v) is 3.94. The maximum atomic E-state index is 11.9. The lowest BCUT2D eigenvalue weighted by Crippen LogP contribution is -2.13. The lowest BCUT2D eigenvalue weighted by molar-refractivity contribution is 0.102. The molecule has 1 aromatic carbocycles. The molecular weight excluding hydrogens is 316 g/mol. The Balaban J connectivity index is 2.28. The van der Waals surface area contributed by atoms with Crippen LogP contribution in [0.25, 0.3) is 0 Å². The van der Waals surface area contributed by atoms with Crippen molar-refractivity contribution in [2.24, 2.45) is 0 Å². The van der Waals surface area contributed by atoms with Gasteiger partial charge in [-0.05, 0) is 24.3 Å². The highest BCUT2D eigenvalue weighted by Crippen LogP contribution is 2.29. The fraction of sp³-hybridized carbons (Fsp3) is 0.0769. The van der Waals surface area contributed by atoms with Crippen molar-refractivity contribution in [1.82, 2.24) is 4.98 Å². The van der Waals surface area contributed by atoms with E-state index in [1.54, 1.807) is 18.2 Å². The Kier molecular flexibility index (Phi) is 4.44. The number of nitrogens with zero attached hydrogens (tertiary/aromatic N) is 1. The van der Waals surface area contributed by atoms with Gasteiger partial charge in [0, 0.05) is 28.6 Å². The molecule has 0 radical (unpaired) electrons. The molecule has 0 bridgehead atoms. The number of carbonyl (C=O) groups excluding carboxylic acids is 1. The summed E-state index contributed by atoms with van der Waals surface area (Å²) < 4.78 is 27.7. The summed E-state index contributed by atoms with van der Waals surface area (Å²) in [5, 5.41) is 2.59. The van der Waals surface area contributed by atoms with Crippen LogP contribution in [0.3, 0.4) is 0 Å². The number of methoxy groups -OCH3 is 1. The van der Waals surface area contributed by atoms with Gasteiger partial charge in [-0.25, -0.2) is 8.42 Å². The SMILES string of the molecule is COc1cc(NC(=O)c2ccccn2)ccc1S(=O)(=O)Cl. The summed E-state index contributed by atoms with van der Waals surface area (Å²) in [5.41, 5.74) is 0.608. The van der Waals surface area contributed by atoms with Crippen LogP contribution in [0, 0.1) is 0 Å². The van der Waals surface area contributed by atoms with Gasteiger partial charge in [-0.15, -0.1) is 0 Å². The van der Waals surface area contributed by atoms with Crippen molar-refractivity contribution in [1.29, 1.82) is 0 Å². The number of halogens is 1. The first kappa shape index (κ1) is 15.3. The second-order valence-electron chi connectivity index (χ2n) is 3.97. The maximum absolute atomic E-state index is 11.9. The minimum atomic E-state index is -3.92. The van der Waals surface area contributed by atoms with E-state index in [4.69, 9.17) is 15.4 Å². The molecule has 0 atom stereocenters. The van der Waals surface area contributed by atoms with Crippen LogP contribution in [0.15, 0.2) is 47.5 Å². The Hall–Kier alpha value is -2.12. The Bertz CT molecular complexity index is 763. The zero-order valence-corrected chi connectivity index (χ0v) is 12.5. The van der Waals surface area contributed by atoms with Gasteiger partial charge in [0.15, 0.2) is 0 Å². The normalized spacial score (nSPS) is 11.0. The van der Waals surface area contributed by atoms with E-state index in [-0.39, 0.29) is 16.3 Å². The molecule has 110 valence electrons. The summed E-state index contributed by atoms with van der Waals surface area (Å²) in [5.74, 6) is -0.372. The van der Waals surface area contributed by atoms with Crippen molar-refractivity contribution in [2.75, 3.05) is 12.4 Å². The number of pyridine rings is 1. The Morgan fingerprint density at radius 2 is 2.05 bits per heavy atom. The van der Waals surface area contributed by atoms with Crippen LogP contribution in [0.1, 0.15) is 10.5 Å². The van der Waals surface area contributed by atoms with E-state index in [1.807, 2.05) is 0 Å². The molecule has 1 amide bonds. The van der Waals surface area contributed by atoms with Crippen LogP contribution < -0.4 is 10.1 Å². The van der Waals surface area contributed by atoms with E-state index in [0.717, 1.165) is 0 Å². The molecule has 6 nitrogen and oxygen atoms in total. The van der Waals surface area contributed by atoms with Crippen molar-refractivity contribution < 1.29 is 17.9 Å². The molecule has 0 aliphatic rings. The summed E-state index contributed by atoms with van der Waals surface area (Å²) in [6.45, 7) is 0. The highest BCUT2D eigenvalue weighted by atomic mass is 35.7. The second-order valence-corrected chi connectivity index (χ2v) is 6.51. The van der Waals surface area contributed by atoms with E-state index in [0.29, 0.717) is 5.69 Å². The van der Waals surface area contributed by atoms with Gasteiger partial charge in [0.05, 0.1) is 7.11 Å². The minimum Gasteiger partial charge on any atom is -0.495 e. The summed E-state index contributed by atoms with van der Waals surface area (Å²) in [6, 6.07) is 8.99. The van der Waals surface area contributed by atoms with Crippen LogP contribution in [0.2, 0.25) is 0 Å². The van der Waals surface area contributed by atoms with Crippen LogP contribution in [-0.2, 0) is 9.05 Å². The van der Waals surface area contributed by atoms with Crippen LogP contribution in [0.5, 0.6) is 5.75 Å². The zero-order chi connectivity index (χ0) is 15.5. The van der Waals surface area contributed by atoms with E-state index in [2.05, 4.69) is 10.3 Å². The van der Waals surface area contributed by atoms with E-state index in [9.17, 15) is 13.2 Å². The first-order valence-corrected chi connectivity index (χ1v) is 8.08. The largest absolute Gasteiger partial charge is 0.495 e. The van der Waals surface area contributed by atoms with Gasteiger partial charge in [-0.2, -0.15) is 0 Å². The predicted molar refractivity (Wildman–Crippen MR) is 78.2 cm³/mol. The quantitative estimate of drug-likeness (QED) is 0.871. The van der Waals surface area contributed by atoms with E-state index in [1.165, 1.54) is 31.5 Å². The number of nitrogens with one attached hydrogen (secondary N) is 1. The number of anilines is 1. The summed E-state index contributed by atoms with van der Waals surface area (Å²) in [7, 11) is 2.68. The maximum Gasteiger partial charge on any atom is 0.274 e. The molecule has 0 aliphatic carbocycles. The Morgan fingerprint density at radius 1 is 1.29 bits per heavy atom. The zero-order valence-electron chi connectivity index (χ0n) is 10.9. The highest BCUT2D eigenvalue weighted by molar-refractivity contribution is 8.13. The molecular formula is C13H11ClN2O4S. The molecule has 0 fully saturated rings. The molecule has 0 saturated carbocycles. The fourth-order valence-corrected chi connectivity index (χ4v) is 2.63. The van der Waals surface area contributed by atoms with Crippen molar-refractivity contribution in [2.45, 2.75) is 4.90 Å². The molecule has 0 spiro atoms. The number of amides is 1. The lowest BCUT2D eigenvalue weighted by atomic mass is 10.2. The number of benzene rings is 1. The average Bonchev–Trinajstić information content (AvgIpc) is 2.46. The lowest BCUT2D eigenvalue weighted by Gasteiger charge is -2.09.